The Bertz CT molecular complexity index is 438. The normalized spacial score (nSPS) is 28.0. The zero-order valence-corrected chi connectivity index (χ0v) is 12.2. The molecule has 1 rings (SSSR count). The van der Waals surface area contributed by atoms with Gasteiger partial charge < -0.3 is 18.9 Å². The third kappa shape index (κ3) is 5.41. The van der Waals surface area contributed by atoms with E-state index in [9.17, 15) is 14.4 Å². The maximum Gasteiger partial charge on any atom is 0.305 e. The van der Waals surface area contributed by atoms with Crippen LogP contribution >= 0.6 is 0 Å². The molecule has 7 heteroatoms. The molecule has 0 amide bonds. The molecule has 0 aromatic rings. The van der Waals surface area contributed by atoms with Crippen LogP contribution in [0.4, 0.5) is 0 Å². The number of hydrogen-bond acceptors (Lipinski definition) is 7. The highest BCUT2D eigenvalue weighted by atomic mass is 16.7. The summed E-state index contributed by atoms with van der Waals surface area (Å²) in [5.74, 6) is -1.75. The van der Waals surface area contributed by atoms with Gasteiger partial charge in [0.05, 0.1) is 6.10 Å². The van der Waals surface area contributed by atoms with Crippen LogP contribution in [0.5, 0.6) is 0 Å². The monoisotopic (exact) mass is 298 g/mol. The number of carbonyl (C=O) groups excluding carboxylic acids is 3. The van der Waals surface area contributed by atoms with E-state index in [2.05, 4.69) is 12.3 Å². The van der Waals surface area contributed by atoms with Crippen molar-refractivity contribution in [2.75, 3.05) is 0 Å². The van der Waals surface area contributed by atoms with Crippen molar-refractivity contribution >= 4 is 17.9 Å². The molecule has 7 nitrogen and oxygen atoms in total. The first-order valence-electron chi connectivity index (χ1n) is 6.36. The predicted molar refractivity (Wildman–Crippen MR) is 69.9 cm³/mol. The Morgan fingerprint density at radius 2 is 1.67 bits per heavy atom. The van der Waals surface area contributed by atoms with Gasteiger partial charge in [0.25, 0.3) is 0 Å². The summed E-state index contributed by atoms with van der Waals surface area (Å²) >= 11 is 0. The minimum absolute atomic E-state index is 0.234. The van der Waals surface area contributed by atoms with E-state index in [-0.39, 0.29) is 6.42 Å². The largest absolute Gasteiger partial charge is 0.458 e. The predicted octanol–water partition coefficient (Wildman–Crippen LogP) is 0.869. The molecule has 0 aromatic carbocycles. The second kappa shape index (κ2) is 7.61. The first kappa shape index (κ1) is 16.9. The fourth-order valence-electron chi connectivity index (χ4n) is 1.99. The maximum atomic E-state index is 11.2. The molecule has 2 unspecified atom stereocenters. The molecule has 0 spiro atoms. The highest BCUT2D eigenvalue weighted by Crippen LogP contribution is 2.27. The molecular weight excluding hydrogens is 280 g/mol. The minimum Gasteiger partial charge on any atom is -0.458 e. The fourth-order valence-corrected chi connectivity index (χ4v) is 1.99. The van der Waals surface area contributed by atoms with Crippen molar-refractivity contribution in [2.24, 2.45) is 0 Å². The number of rotatable bonds is 4. The highest BCUT2D eigenvalue weighted by Gasteiger charge is 2.44. The molecule has 0 radical (unpaired) electrons. The molecule has 21 heavy (non-hydrogen) atoms. The third-order valence-corrected chi connectivity index (χ3v) is 2.61. The fraction of sp³-hybridized carbons (Fsp3) is 0.571. The average Bonchev–Trinajstić information content (AvgIpc) is 2.32. The molecule has 4 atom stereocenters. The summed E-state index contributed by atoms with van der Waals surface area (Å²) in [5.41, 5.74) is 2.55. The van der Waals surface area contributed by atoms with Gasteiger partial charge in [0.1, 0.15) is 6.10 Å². The van der Waals surface area contributed by atoms with Crippen LogP contribution in [-0.2, 0) is 33.3 Å². The van der Waals surface area contributed by atoms with Crippen molar-refractivity contribution in [1.29, 1.82) is 0 Å². The van der Waals surface area contributed by atoms with E-state index in [1.54, 1.807) is 0 Å². The lowest BCUT2D eigenvalue weighted by Gasteiger charge is -2.38. The number of carbonyl (C=O) groups is 3. The summed E-state index contributed by atoms with van der Waals surface area (Å²) in [6, 6.07) is 0. The van der Waals surface area contributed by atoms with Gasteiger partial charge in [-0.15, -0.1) is 5.73 Å². The van der Waals surface area contributed by atoms with Crippen molar-refractivity contribution in [2.45, 2.75) is 51.8 Å². The van der Waals surface area contributed by atoms with Crippen LogP contribution in [0.3, 0.4) is 0 Å². The number of esters is 3. The van der Waals surface area contributed by atoms with Crippen molar-refractivity contribution in [3.63, 3.8) is 0 Å². The van der Waals surface area contributed by atoms with Crippen LogP contribution in [-0.4, -0.2) is 42.5 Å². The molecule has 1 saturated heterocycles. The first-order valence-corrected chi connectivity index (χ1v) is 6.36. The van der Waals surface area contributed by atoms with Gasteiger partial charge in [0, 0.05) is 27.2 Å². The molecular formula is C14H18O7. The third-order valence-electron chi connectivity index (χ3n) is 2.61. The summed E-state index contributed by atoms with van der Waals surface area (Å²) in [5, 5.41) is 0. The van der Waals surface area contributed by atoms with Gasteiger partial charge in [-0.25, -0.2) is 0 Å². The van der Waals surface area contributed by atoms with Crippen LogP contribution in [0.1, 0.15) is 27.2 Å². The molecule has 0 saturated carbocycles. The van der Waals surface area contributed by atoms with E-state index < -0.39 is 42.5 Å². The number of hydrogen-bond donors (Lipinski definition) is 0. The van der Waals surface area contributed by atoms with Crippen LogP contribution in [0.2, 0.25) is 0 Å². The quantitative estimate of drug-likeness (QED) is 0.432. The van der Waals surface area contributed by atoms with E-state index in [1.165, 1.54) is 26.8 Å². The Labute approximate surface area is 122 Å². The molecule has 0 aromatic heterocycles. The van der Waals surface area contributed by atoms with Crippen LogP contribution in [0, 0.1) is 0 Å². The molecule has 0 N–H and O–H groups in total. The first-order chi connectivity index (χ1) is 9.83. The summed E-state index contributed by atoms with van der Waals surface area (Å²) < 4.78 is 20.7. The molecule has 1 aliphatic rings. The van der Waals surface area contributed by atoms with Crippen molar-refractivity contribution < 1.29 is 33.3 Å². The van der Waals surface area contributed by atoms with Crippen LogP contribution < -0.4 is 0 Å². The van der Waals surface area contributed by atoms with Crippen LogP contribution in [0.25, 0.3) is 0 Å². The van der Waals surface area contributed by atoms with Gasteiger partial charge in [-0.3, -0.25) is 14.4 Å². The van der Waals surface area contributed by atoms with Gasteiger partial charge >= 0.3 is 17.9 Å². The topological polar surface area (TPSA) is 88.1 Å². The molecule has 0 aliphatic carbocycles. The van der Waals surface area contributed by atoms with Crippen molar-refractivity contribution in [1.82, 2.24) is 0 Å². The van der Waals surface area contributed by atoms with Gasteiger partial charge in [0.15, 0.2) is 0 Å². The van der Waals surface area contributed by atoms with Gasteiger partial charge in [-0.1, -0.05) is 6.58 Å². The Kier molecular flexibility index (Phi) is 6.14. The zero-order chi connectivity index (χ0) is 16.0. The van der Waals surface area contributed by atoms with E-state index in [0.717, 1.165) is 0 Å². The lowest BCUT2D eigenvalue weighted by Crippen LogP contribution is -2.52. The molecule has 116 valence electrons. The van der Waals surface area contributed by atoms with Crippen LogP contribution in [0.15, 0.2) is 18.4 Å². The summed E-state index contributed by atoms with van der Waals surface area (Å²) in [6.45, 7) is 7.06. The Balaban J connectivity index is 3.00. The van der Waals surface area contributed by atoms with Crippen molar-refractivity contribution in [3.8, 4) is 0 Å². The average molecular weight is 298 g/mol. The van der Waals surface area contributed by atoms with E-state index in [1.807, 2.05) is 0 Å². The summed E-state index contributed by atoms with van der Waals surface area (Å²) in [4.78, 5) is 33.5. The smallest absolute Gasteiger partial charge is 0.305 e. The summed E-state index contributed by atoms with van der Waals surface area (Å²) in [6.07, 6.45) is -1.76. The van der Waals surface area contributed by atoms with Crippen molar-refractivity contribution in [3.05, 3.63) is 18.4 Å². The Morgan fingerprint density at radius 3 is 2.14 bits per heavy atom. The van der Waals surface area contributed by atoms with Gasteiger partial charge in [-0.2, -0.15) is 0 Å². The molecule has 1 heterocycles. The molecule has 1 fully saturated rings. The SMILES string of the molecule is C=C=CC1C[C@@H](OC(C)=O)[C@H](OC(C)=O)C(OC(C)=O)O1. The standard InChI is InChI=1S/C14H18O7/c1-5-6-11-7-12(18-8(2)15)13(19-9(3)16)14(21-11)20-10(4)17/h6,11-14H,1,7H2,2-4H3/t11?,12-,13+,14?/m1/s1. The van der Waals surface area contributed by atoms with Gasteiger partial charge in [0.2, 0.25) is 12.4 Å². The zero-order valence-electron chi connectivity index (χ0n) is 12.2. The van der Waals surface area contributed by atoms with Gasteiger partial charge in [-0.05, 0) is 6.08 Å². The van der Waals surface area contributed by atoms with E-state index >= 15 is 0 Å². The minimum atomic E-state index is -1.17. The lowest BCUT2D eigenvalue weighted by atomic mass is 10.0. The Morgan fingerprint density at radius 1 is 1.10 bits per heavy atom. The van der Waals surface area contributed by atoms with E-state index in [0.29, 0.717) is 0 Å². The molecule has 0 bridgehead atoms. The summed E-state index contributed by atoms with van der Waals surface area (Å²) in [7, 11) is 0. The lowest BCUT2D eigenvalue weighted by molar-refractivity contribution is -0.260. The second-order valence-corrected chi connectivity index (χ2v) is 4.48. The Hall–Kier alpha value is -2.11. The second-order valence-electron chi connectivity index (χ2n) is 4.48. The number of ether oxygens (including phenoxy) is 4. The highest BCUT2D eigenvalue weighted by molar-refractivity contribution is 5.68. The van der Waals surface area contributed by atoms with E-state index in [4.69, 9.17) is 18.9 Å². The molecule has 1 aliphatic heterocycles. The maximum absolute atomic E-state index is 11.2.